The number of ketones is 1. The molecule has 0 radical (unpaired) electrons. The second kappa shape index (κ2) is 6.24. The smallest absolute Gasteiger partial charge is 0.192 e. The number of fused-ring (bicyclic) bond motifs is 1. The van der Waals surface area contributed by atoms with E-state index in [-0.39, 0.29) is 17.0 Å². The van der Waals surface area contributed by atoms with Crippen molar-refractivity contribution in [2.75, 3.05) is 12.0 Å². The average molecular weight is 351 g/mol. The van der Waals surface area contributed by atoms with Gasteiger partial charge < -0.3 is 4.98 Å². The lowest BCUT2D eigenvalue weighted by Crippen LogP contribution is -2.11. The van der Waals surface area contributed by atoms with Crippen LogP contribution in [0.5, 0.6) is 0 Å². The molecule has 1 atom stereocenters. The minimum Gasteiger partial charge on any atom is -0.351 e. The number of rotatable bonds is 4. The van der Waals surface area contributed by atoms with Crippen molar-refractivity contribution in [1.29, 1.82) is 0 Å². The molecule has 0 saturated heterocycles. The number of carbonyl (C=O) groups is 1. The van der Waals surface area contributed by atoms with E-state index in [2.05, 4.69) is 4.98 Å². The minimum absolute atomic E-state index is 0.0943. The highest BCUT2D eigenvalue weighted by atomic mass is 32.2. The van der Waals surface area contributed by atoms with Gasteiger partial charge in [0.2, 0.25) is 0 Å². The minimum atomic E-state index is -1.37. The molecule has 3 rings (SSSR count). The first-order chi connectivity index (χ1) is 11.4. The number of benzene rings is 2. The number of Topliss-reactive ketones (excluding diaryl/α,β-unsaturated/α-hetero) is 1. The van der Waals surface area contributed by atoms with Crippen LogP contribution in [0.1, 0.15) is 10.5 Å². The van der Waals surface area contributed by atoms with Crippen molar-refractivity contribution in [2.24, 2.45) is 0 Å². The number of H-pyrrole nitrogens is 1. The molecule has 3 aromatic rings. The lowest BCUT2D eigenvalue weighted by atomic mass is 10.0. The Morgan fingerprint density at radius 1 is 1.08 bits per heavy atom. The molecule has 124 valence electrons. The average Bonchev–Trinajstić information content (AvgIpc) is 2.86. The quantitative estimate of drug-likeness (QED) is 0.727. The van der Waals surface area contributed by atoms with Crippen molar-refractivity contribution >= 4 is 27.5 Å². The van der Waals surface area contributed by atoms with E-state index >= 15 is 0 Å². The maximum absolute atomic E-state index is 13.6. The van der Waals surface area contributed by atoms with Crippen molar-refractivity contribution in [3.63, 3.8) is 0 Å². The van der Waals surface area contributed by atoms with Crippen molar-refractivity contribution in [2.45, 2.75) is 0 Å². The van der Waals surface area contributed by atoms with E-state index in [4.69, 9.17) is 0 Å². The third-order valence-electron chi connectivity index (χ3n) is 3.59. The van der Waals surface area contributed by atoms with Crippen LogP contribution >= 0.6 is 0 Å². The van der Waals surface area contributed by atoms with Gasteiger partial charge in [-0.15, -0.1) is 0 Å². The lowest BCUT2D eigenvalue weighted by molar-refractivity contribution is 0.101. The van der Waals surface area contributed by atoms with Crippen molar-refractivity contribution in [1.82, 2.24) is 4.98 Å². The first kappa shape index (κ1) is 16.4. The van der Waals surface area contributed by atoms with E-state index in [1.165, 1.54) is 30.5 Å². The maximum atomic E-state index is 13.6. The number of nitrogens with one attached hydrogen (secondary N) is 1. The number of hydrogen-bond donors (Lipinski definition) is 1. The van der Waals surface area contributed by atoms with Crippen molar-refractivity contribution < 1.29 is 22.2 Å². The van der Waals surface area contributed by atoms with E-state index in [0.717, 1.165) is 12.1 Å². The Labute approximate surface area is 138 Å². The van der Waals surface area contributed by atoms with E-state index in [1.807, 2.05) is 0 Å². The Kier molecular flexibility index (Phi) is 4.28. The third kappa shape index (κ3) is 2.99. The van der Waals surface area contributed by atoms with Gasteiger partial charge in [0.15, 0.2) is 17.4 Å². The summed E-state index contributed by atoms with van der Waals surface area (Å²) in [4.78, 5) is 15.1. The fraction of sp³-hybridized carbons (Fsp3) is 0.118. The Morgan fingerprint density at radius 2 is 1.71 bits per heavy atom. The summed E-state index contributed by atoms with van der Waals surface area (Å²) in [7, 11) is -1.37. The van der Waals surface area contributed by atoms with Gasteiger partial charge in [-0.25, -0.2) is 13.2 Å². The monoisotopic (exact) mass is 351 g/mol. The number of carbonyl (C=O) groups excluding carboxylic acids is 1. The van der Waals surface area contributed by atoms with Gasteiger partial charge in [-0.3, -0.25) is 9.00 Å². The fourth-order valence-electron chi connectivity index (χ4n) is 2.57. The van der Waals surface area contributed by atoms with Crippen molar-refractivity contribution in [3.05, 3.63) is 59.5 Å². The Balaban J connectivity index is 2.29. The predicted molar refractivity (Wildman–Crippen MR) is 86.9 cm³/mol. The number of aromatic nitrogens is 1. The summed E-state index contributed by atoms with van der Waals surface area (Å²) in [5, 5.41) is 0.297. The molecule has 24 heavy (non-hydrogen) atoms. The van der Waals surface area contributed by atoms with Crippen LogP contribution in [0, 0.1) is 17.5 Å². The molecule has 1 aromatic heterocycles. The van der Waals surface area contributed by atoms with Gasteiger partial charge in [-0.05, 0) is 23.8 Å². The summed E-state index contributed by atoms with van der Waals surface area (Å²) < 4.78 is 51.6. The molecule has 0 aliphatic heterocycles. The van der Waals surface area contributed by atoms with Gasteiger partial charge in [0.05, 0.1) is 11.4 Å². The van der Waals surface area contributed by atoms with Gasteiger partial charge in [-0.2, -0.15) is 0 Å². The molecule has 1 unspecified atom stereocenters. The molecule has 0 fully saturated rings. The fourth-order valence-corrected chi connectivity index (χ4v) is 3.08. The molecular formula is C17H12F3NO2S. The lowest BCUT2D eigenvalue weighted by Gasteiger charge is -2.04. The van der Waals surface area contributed by atoms with Gasteiger partial charge >= 0.3 is 0 Å². The molecule has 1 N–H and O–H groups in total. The first-order valence-corrected chi connectivity index (χ1v) is 8.69. The van der Waals surface area contributed by atoms with E-state index in [1.54, 1.807) is 0 Å². The van der Waals surface area contributed by atoms with Crippen LogP contribution < -0.4 is 0 Å². The first-order valence-electron chi connectivity index (χ1n) is 6.96. The van der Waals surface area contributed by atoms with E-state index in [0.29, 0.717) is 16.5 Å². The molecule has 1 heterocycles. The molecule has 0 aliphatic rings. The van der Waals surface area contributed by atoms with Crippen molar-refractivity contribution in [3.8, 4) is 11.1 Å². The summed E-state index contributed by atoms with van der Waals surface area (Å²) in [5.41, 5.74) is 1.13. The van der Waals surface area contributed by atoms with E-state index < -0.39 is 34.0 Å². The summed E-state index contributed by atoms with van der Waals surface area (Å²) in [6.45, 7) is 0. The van der Waals surface area contributed by atoms with Crippen LogP contribution in [0.4, 0.5) is 13.2 Å². The van der Waals surface area contributed by atoms with Gasteiger partial charge in [0.25, 0.3) is 0 Å². The molecule has 0 bridgehead atoms. The maximum Gasteiger partial charge on any atom is 0.192 e. The van der Waals surface area contributed by atoms with E-state index in [9.17, 15) is 22.2 Å². The summed E-state index contributed by atoms with van der Waals surface area (Å²) in [5.74, 6) is -3.24. The summed E-state index contributed by atoms with van der Waals surface area (Å²) in [6, 6.07) is 7.25. The van der Waals surface area contributed by atoms with Crippen LogP contribution in [0.2, 0.25) is 0 Å². The van der Waals surface area contributed by atoms with Crippen LogP contribution in [0.3, 0.4) is 0 Å². The molecule has 7 heteroatoms. The largest absolute Gasteiger partial charge is 0.351 e. The second-order valence-electron chi connectivity index (χ2n) is 5.33. The highest BCUT2D eigenvalue weighted by molar-refractivity contribution is 7.85. The number of halogens is 3. The highest BCUT2D eigenvalue weighted by Gasteiger charge is 2.21. The van der Waals surface area contributed by atoms with Gasteiger partial charge in [0, 0.05) is 39.6 Å². The SMILES string of the molecule is CS(=O)CC(=O)c1[nH]c2cc(F)c(F)cc2c1-c1ccc(F)cc1. The molecule has 2 aromatic carbocycles. The van der Waals surface area contributed by atoms with Gasteiger partial charge in [0.1, 0.15) is 5.82 Å². The molecule has 3 nitrogen and oxygen atoms in total. The normalized spacial score (nSPS) is 12.5. The molecular weight excluding hydrogens is 339 g/mol. The Hall–Kier alpha value is -2.41. The molecule has 0 amide bonds. The Bertz CT molecular complexity index is 964. The summed E-state index contributed by atoms with van der Waals surface area (Å²) >= 11 is 0. The van der Waals surface area contributed by atoms with Crippen LogP contribution in [0.15, 0.2) is 36.4 Å². The highest BCUT2D eigenvalue weighted by Crippen LogP contribution is 2.34. The second-order valence-corrected chi connectivity index (χ2v) is 6.77. The van der Waals surface area contributed by atoms with Gasteiger partial charge in [-0.1, -0.05) is 12.1 Å². The predicted octanol–water partition coefficient (Wildman–Crippen LogP) is 3.81. The Morgan fingerprint density at radius 3 is 2.33 bits per heavy atom. The molecule has 0 spiro atoms. The number of aromatic amines is 1. The zero-order valence-electron chi connectivity index (χ0n) is 12.5. The van der Waals surface area contributed by atoms with Crippen LogP contribution in [-0.2, 0) is 10.8 Å². The zero-order valence-corrected chi connectivity index (χ0v) is 13.3. The third-order valence-corrected chi connectivity index (χ3v) is 4.25. The standard InChI is InChI=1S/C17H12F3NO2S/c1-24(23)8-15(22)17-16(9-2-4-10(18)5-3-9)11-6-12(19)13(20)7-14(11)21-17/h2-7,21H,8H2,1H3. The zero-order chi connectivity index (χ0) is 17.4. The van der Waals surface area contributed by atoms with Crippen LogP contribution in [-0.4, -0.2) is 27.0 Å². The number of hydrogen-bond acceptors (Lipinski definition) is 2. The topological polar surface area (TPSA) is 49.9 Å². The molecule has 0 saturated carbocycles. The van der Waals surface area contributed by atoms with Crippen LogP contribution in [0.25, 0.3) is 22.0 Å². The summed E-state index contributed by atoms with van der Waals surface area (Å²) in [6.07, 6.45) is 1.39. The molecule has 0 aliphatic carbocycles.